The van der Waals surface area contributed by atoms with Crippen molar-refractivity contribution in [2.75, 3.05) is 0 Å². The van der Waals surface area contributed by atoms with E-state index in [1.807, 2.05) is 45.9 Å². The molecule has 100 valence electrons. The molecule has 4 heteroatoms. The molecule has 0 aliphatic heterocycles. The average molecular weight is 249 g/mol. The van der Waals surface area contributed by atoms with Gasteiger partial charge in [0.05, 0.1) is 11.7 Å². The van der Waals surface area contributed by atoms with Crippen LogP contribution >= 0.6 is 0 Å². The number of hydrogen-bond donors (Lipinski definition) is 2. The lowest BCUT2D eigenvalue weighted by molar-refractivity contribution is -0.122. The van der Waals surface area contributed by atoms with Gasteiger partial charge in [0.25, 0.3) is 0 Å². The van der Waals surface area contributed by atoms with Crippen molar-refractivity contribution in [1.29, 1.82) is 0 Å². The molecule has 1 heterocycles. The zero-order valence-electron chi connectivity index (χ0n) is 11.6. The Kier molecular flexibility index (Phi) is 4.84. The summed E-state index contributed by atoms with van der Waals surface area (Å²) in [5.74, 6) is -0.0319. The summed E-state index contributed by atoms with van der Waals surface area (Å²) in [5.41, 5.74) is 6.78. The minimum atomic E-state index is -0.145. The van der Waals surface area contributed by atoms with Crippen LogP contribution in [0.5, 0.6) is 0 Å². The first-order chi connectivity index (χ1) is 8.30. The molecule has 0 saturated carbocycles. The van der Waals surface area contributed by atoms with Crippen LogP contribution in [0.15, 0.2) is 24.4 Å². The van der Waals surface area contributed by atoms with Crippen molar-refractivity contribution in [3.05, 3.63) is 30.1 Å². The molecule has 0 aliphatic rings. The summed E-state index contributed by atoms with van der Waals surface area (Å²) in [5, 5.41) is 2.92. The summed E-state index contributed by atoms with van der Waals surface area (Å²) in [6.07, 6.45) is 2.06. The lowest BCUT2D eigenvalue weighted by Gasteiger charge is -2.27. The standard InChI is InChI=1S/C14H23N3O/c1-10(11-7-5-6-8-16-11)17-13(18)9-12(15)14(2,3)4/h5-8,10,12H,9,15H2,1-4H3,(H,17,18)/t10-,12?/m1/s1. The Bertz CT molecular complexity index is 384. The molecule has 1 amide bonds. The van der Waals surface area contributed by atoms with Crippen molar-refractivity contribution < 1.29 is 4.79 Å². The van der Waals surface area contributed by atoms with Crippen molar-refractivity contribution in [3.63, 3.8) is 0 Å². The minimum Gasteiger partial charge on any atom is -0.348 e. The molecule has 1 rings (SSSR count). The van der Waals surface area contributed by atoms with E-state index >= 15 is 0 Å². The maximum Gasteiger partial charge on any atom is 0.222 e. The molecule has 0 spiro atoms. The van der Waals surface area contributed by atoms with E-state index < -0.39 is 0 Å². The van der Waals surface area contributed by atoms with Gasteiger partial charge in [0.1, 0.15) is 0 Å². The van der Waals surface area contributed by atoms with Crippen LogP contribution in [0.1, 0.15) is 45.9 Å². The smallest absolute Gasteiger partial charge is 0.222 e. The van der Waals surface area contributed by atoms with Crippen molar-refractivity contribution in [2.24, 2.45) is 11.1 Å². The second-order valence-electron chi connectivity index (χ2n) is 5.72. The largest absolute Gasteiger partial charge is 0.348 e. The summed E-state index contributed by atoms with van der Waals surface area (Å²) < 4.78 is 0. The SMILES string of the molecule is C[C@@H](NC(=O)CC(N)C(C)(C)C)c1ccccn1. The van der Waals surface area contributed by atoms with Crippen LogP contribution in [0.25, 0.3) is 0 Å². The first-order valence-electron chi connectivity index (χ1n) is 6.26. The topological polar surface area (TPSA) is 68.0 Å². The van der Waals surface area contributed by atoms with Crippen molar-refractivity contribution in [1.82, 2.24) is 10.3 Å². The summed E-state index contributed by atoms with van der Waals surface area (Å²) in [4.78, 5) is 16.1. The Labute approximate surface area is 109 Å². The van der Waals surface area contributed by atoms with Gasteiger partial charge in [0.15, 0.2) is 0 Å². The number of amides is 1. The molecule has 1 aromatic heterocycles. The van der Waals surface area contributed by atoms with E-state index in [4.69, 9.17) is 5.73 Å². The normalized spacial score (nSPS) is 14.9. The zero-order chi connectivity index (χ0) is 13.8. The second-order valence-corrected chi connectivity index (χ2v) is 5.72. The molecule has 0 saturated heterocycles. The van der Waals surface area contributed by atoms with Crippen molar-refractivity contribution in [2.45, 2.75) is 46.2 Å². The van der Waals surface area contributed by atoms with E-state index in [9.17, 15) is 4.79 Å². The number of carbonyl (C=O) groups is 1. The van der Waals surface area contributed by atoms with Crippen LogP contribution in [0.3, 0.4) is 0 Å². The van der Waals surface area contributed by atoms with Crippen LogP contribution in [-0.2, 0) is 4.79 Å². The number of rotatable bonds is 4. The summed E-state index contributed by atoms with van der Waals surface area (Å²) >= 11 is 0. The summed E-state index contributed by atoms with van der Waals surface area (Å²) in [6, 6.07) is 5.42. The van der Waals surface area contributed by atoms with Gasteiger partial charge in [-0.2, -0.15) is 0 Å². The highest BCUT2D eigenvalue weighted by Gasteiger charge is 2.23. The molecule has 1 unspecified atom stereocenters. The Balaban J connectivity index is 2.51. The molecule has 0 radical (unpaired) electrons. The van der Waals surface area contributed by atoms with Gasteiger partial charge in [-0.3, -0.25) is 9.78 Å². The van der Waals surface area contributed by atoms with Gasteiger partial charge < -0.3 is 11.1 Å². The Morgan fingerprint density at radius 1 is 1.44 bits per heavy atom. The third-order valence-corrected chi connectivity index (χ3v) is 3.03. The lowest BCUT2D eigenvalue weighted by atomic mass is 9.85. The number of nitrogens with zero attached hydrogens (tertiary/aromatic N) is 1. The third-order valence-electron chi connectivity index (χ3n) is 3.03. The Morgan fingerprint density at radius 3 is 2.61 bits per heavy atom. The van der Waals surface area contributed by atoms with E-state index in [2.05, 4.69) is 10.3 Å². The van der Waals surface area contributed by atoms with Crippen LogP contribution in [-0.4, -0.2) is 16.9 Å². The average Bonchev–Trinajstić information content (AvgIpc) is 2.28. The molecule has 4 nitrogen and oxygen atoms in total. The van der Waals surface area contributed by atoms with Gasteiger partial charge in [-0.1, -0.05) is 26.8 Å². The Morgan fingerprint density at radius 2 is 2.11 bits per heavy atom. The predicted octanol–water partition coefficient (Wildman–Crippen LogP) is 2.02. The highest BCUT2D eigenvalue weighted by atomic mass is 16.1. The molecular weight excluding hydrogens is 226 g/mol. The van der Waals surface area contributed by atoms with Crippen molar-refractivity contribution >= 4 is 5.91 Å². The lowest BCUT2D eigenvalue weighted by Crippen LogP contribution is -2.40. The van der Waals surface area contributed by atoms with Gasteiger partial charge >= 0.3 is 0 Å². The minimum absolute atomic E-state index is 0.0319. The van der Waals surface area contributed by atoms with Gasteiger partial charge in [-0.15, -0.1) is 0 Å². The van der Waals surface area contributed by atoms with Gasteiger partial charge in [0, 0.05) is 18.7 Å². The highest BCUT2D eigenvalue weighted by molar-refractivity contribution is 5.77. The van der Waals surface area contributed by atoms with E-state index in [1.54, 1.807) is 6.20 Å². The zero-order valence-corrected chi connectivity index (χ0v) is 11.6. The van der Waals surface area contributed by atoms with Crippen LogP contribution in [0.2, 0.25) is 0 Å². The molecule has 18 heavy (non-hydrogen) atoms. The third kappa shape index (κ3) is 4.45. The predicted molar refractivity (Wildman–Crippen MR) is 72.8 cm³/mol. The van der Waals surface area contributed by atoms with Gasteiger partial charge in [-0.25, -0.2) is 0 Å². The van der Waals surface area contributed by atoms with Crippen LogP contribution in [0.4, 0.5) is 0 Å². The van der Waals surface area contributed by atoms with Gasteiger partial charge in [0.2, 0.25) is 5.91 Å². The molecule has 2 atom stereocenters. The number of nitrogens with one attached hydrogen (secondary N) is 1. The maximum absolute atomic E-state index is 11.9. The molecule has 0 fully saturated rings. The Hall–Kier alpha value is -1.42. The fraction of sp³-hybridized carbons (Fsp3) is 0.571. The van der Waals surface area contributed by atoms with Crippen LogP contribution < -0.4 is 11.1 Å². The highest BCUT2D eigenvalue weighted by Crippen LogP contribution is 2.20. The van der Waals surface area contributed by atoms with E-state index in [0.717, 1.165) is 5.69 Å². The van der Waals surface area contributed by atoms with Crippen molar-refractivity contribution in [3.8, 4) is 0 Å². The number of carbonyl (C=O) groups excluding carboxylic acids is 1. The summed E-state index contributed by atoms with van der Waals surface area (Å²) in [7, 11) is 0. The number of hydrogen-bond acceptors (Lipinski definition) is 3. The second kappa shape index (κ2) is 5.96. The number of nitrogens with two attached hydrogens (primary N) is 1. The van der Waals surface area contributed by atoms with E-state index in [0.29, 0.717) is 6.42 Å². The fourth-order valence-corrected chi connectivity index (χ4v) is 1.51. The van der Waals surface area contributed by atoms with E-state index in [-0.39, 0.29) is 23.4 Å². The molecular formula is C14H23N3O. The summed E-state index contributed by atoms with van der Waals surface area (Å²) in [6.45, 7) is 8.02. The monoisotopic (exact) mass is 249 g/mol. The molecule has 1 aromatic rings. The quantitative estimate of drug-likeness (QED) is 0.858. The van der Waals surface area contributed by atoms with Gasteiger partial charge in [-0.05, 0) is 24.5 Å². The number of aromatic nitrogens is 1. The number of pyridine rings is 1. The first-order valence-corrected chi connectivity index (χ1v) is 6.26. The maximum atomic E-state index is 11.9. The molecule has 0 aliphatic carbocycles. The first kappa shape index (κ1) is 14.6. The molecule has 3 N–H and O–H groups in total. The molecule has 0 bridgehead atoms. The van der Waals surface area contributed by atoms with E-state index in [1.165, 1.54) is 0 Å². The molecule has 0 aromatic carbocycles. The van der Waals surface area contributed by atoms with Crippen LogP contribution in [0, 0.1) is 5.41 Å². The fourth-order valence-electron chi connectivity index (χ4n) is 1.51.